The number of methoxy groups -OCH3 is 1. The van der Waals surface area contributed by atoms with Crippen LogP contribution in [0, 0.1) is 17.2 Å². The number of nitrogens with one attached hydrogen (secondary N) is 2. The standard InChI is InChI=1S/C23H26N4O3/c1-3-12-29-18-7-5-4-6-16(18)19-17(13-24)22(25)30-23-20(19)21(26-27-23)14-8-10-15(28-2)11-9-14/h4-11,19-21,23,26-27H,3,12,25H2,1-2H3. The van der Waals surface area contributed by atoms with Gasteiger partial charge in [0, 0.05) is 17.4 Å². The predicted octanol–water partition coefficient (Wildman–Crippen LogP) is 3.08. The van der Waals surface area contributed by atoms with Crippen LogP contribution in [0.4, 0.5) is 0 Å². The van der Waals surface area contributed by atoms with E-state index in [-0.39, 0.29) is 30.0 Å². The quantitative estimate of drug-likeness (QED) is 0.678. The van der Waals surface area contributed by atoms with E-state index in [1.54, 1.807) is 7.11 Å². The van der Waals surface area contributed by atoms with Gasteiger partial charge in [-0.1, -0.05) is 37.3 Å². The summed E-state index contributed by atoms with van der Waals surface area (Å²) in [5, 5.41) is 9.94. The van der Waals surface area contributed by atoms with Gasteiger partial charge in [-0.25, -0.2) is 10.9 Å². The molecule has 1 fully saturated rings. The van der Waals surface area contributed by atoms with Crippen LogP contribution >= 0.6 is 0 Å². The van der Waals surface area contributed by atoms with E-state index in [9.17, 15) is 5.26 Å². The molecule has 7 nitrogen and oxygen atoms in total. The number of nitrogens with two attached hydrogens (primary N) is 1. The van der Waals surface area contributed by atoms with Gasteiger partial charge < -0.3 is 19.9 Å². The van der Waals surface area contributed by atoms with Crippen LogP contribution in [0.3, 0.4) is 0 Å². The van der Waals surface area contributed by atoms with Crippen molar-refractivity contribution in [2.45, 2.75) is 31.5 Å². The Labute approximate surface area is 176 Å². The molecule has 0 amide bonds. The molecular weight excluding hydrogens is 380 g/mol. The Bertz CT molecular complexity index is 967. The van der Waals surface area contributed by atoms with Crippen molar-refractivity contribution in [3.8, 4) is 17.6 Å². The molecule has 0 saturated carbocycles. The van der Waals surface area contributed by atoms with Crippen LogP contribution in [0.2, 0.25) is 0 Å². The van der Waals surface area contributed by atoms with Crippen molar-refractivity contribution in [1.82, 2.24) is 10.9 Å². The molecule has 2 aromatic rings. The summed E-state index contributed by atoms with van der Waals surface area (Å²) in [4.78, 5) is 0. The Morgan fingerprint density at radius 2 is 1.90 bits per heavy atom. The third kappa shape index (κ3) is 3.56. The molecule has 0 aliphatic carbocycles. The summed E-state index contributed by atoms with van der Waals surface area (Å²) in [6, 6.07) is 17.9. The minimum atomic E-state index is -0.376. The van der Waals surface area contributed by atoms with Gasteiger partial charge in [0.1, 0.15) is 17.6 Å². The zero-order chi connectivity index (χ0) is 21.1. The Kier molecular flexibility index (Phi) is 5.79. The Morgan fingerprint density at radius 1 is 1.13 bits per heavy atom. The van der Waals surface area contributed by atoms with Gasteiger partial charge >= 0.3 is 0 Å². The predicted molar refractivity (Wildman–Crippen MR) is 112 cm³/mol. The third-order valence-electron chi connectivity index (χ3n) is 5.64. The highest BCUT2D eigenvalue weighted by molar-refractivity contribution is 5.48. The maximum atomic E-state index is 9.94. The van der Waals surface area contributed by atoms with Crippen LogP contribution in [-0.4, -0.2) is 19.9 Å². The SMILES string of the molecule is CCCOc1ccccc1C1C(C#N)=C(N)OC2NNC(c3ccc(OC)cc3)C21. The monoisotopic (exact) mass is 406 g/mol. The minimum absolute atomic E-state index is 0.0958. The molecule has 7 heteroatoms. The lowest BCUT2D eigenvalue weighted by Crippen LogP contribution is -2.41. The number of nitrogens with zero attached hydrogens (tertiary/aromatic N) is 1. The smallest absolute Gasteiger partial charge is 0.200 e. The molecule has 2 aliphatic heterocycles. The first-order chi connectivity index (χ1) is 14.7. The zero-order valence-corrected chi connectivity index (χ0v) is 17.1. The van der Waals surface area contributed by atoms with Crippen LogP contribution in [0.15, 0.2) is 60.0 Å². The summed E-state index contributed by atoms with van der Waals surface area (Å²) in [5.74, 6) is 1.32. The lowest BCUT2D eigenvalue weighted by molar-refractivity contribution is 0.0337. The van der Waals surface area contributed by atoms with Crippen LogP contribution in [0.5, 0.6) is 11.5 Å². The number of allylic oxidation sites excluding steroid dienone is 1. The first-order valence-corrected chi connectivity index (χ1v) is 10.1. The van der Waals surface area contributed by atoms with Gasteiger partial charge in [0.15, 0.2) is 6.23 Å². The first kappa shape index (κ1) is 20.1. The number of hydrazine groups is 1. The number of rotatable bonds is 6. The summed E-state index contributed by atoms with van der Waals surface area (Å²) in [6.07, 6.45) is 0.521. The van der Waals surface area contributed by atoms with Crippen LogP contribution in [0.1, 0.15) is 36.4 Å². The van der Waals surface area contributed by atoms with Gasteiger partial charge in [-0.2, -0.15) is 5.26 Å². The number of nitriles is 1. The fraction of sp³-hybridized carbons (Fsp3) is 0.348. The maximum Gasteiger partial charge on any atom is 0.200 e. The highest BCUT2D eigenvalue weighted by Crippen LogP contribution is 2.49. The van der Waals surface area contributed by atoms with E-state index < -0.39 is 0 Å². The summed E-state index contributed by atoms with van der Waals surface area (Å²) in [7, 11) is 1.64. The van der Waals surface area contributed by atoms with Crippen molar-refractivity contribution in [2.24, 2.45) is 11.7 Å². The molecule has 30 heavy (non-hydrogen) atoms. The zero-order valence-electron chi connectivity index (χ0n) is 17.1. The molecule has 4 N–H and O–H groups in total. The van der Waals surface area contributed by atoms with E-state index in [2.05, 4.69) is 23.8 Å². The fourth-order valence-electron chi connectivity index (χ4n) is 4.25. The molecule has 156 valence electrons. The van der Waals surface area contributed by atoms with Crippen LogP contribution in [0.25, 0.3) is 0 Å². The molecule has 0 aromatic heterocycles. The summed E-state index contributed by atoms with van der Waals surface area (Å²) >= 11 is 0. The van der Waals surface area contributed by atoms with E-state index in [4.69, 9.17) is 19.9 Å². The topological polar surface area (TPSA) is 102 Å². The Morgan fingerprint density at radius 3 is 2.60 bits per heavy atom. The summed E-state index contributed by atoms with van der Waals surface area (Å²) in [5.41, 5.74) is 15.1. The molecule has 4 rings (SSSR count). The van der Waals surface area contributed by atoms with E-state index in [0.29, 0.717) is 12.2 Å². The second-order valence-corrected chi connectivity index (χ2v) is 7.41. The minimum Gasteiger partial charge on any atom is -0.497 e. The number of fused-ring (bicyclic) bond motifs is 1. The van der Waals surface area contributed by atoms with Crippen molar-refractivity contribution >= 4 is 0 Å². The van der Waals surface area contributed by atoms with Crippen molar-refractivity contribution in [1.29, 1.82) is 5.26 Å². The third-order valence-corrected chi connectivity index (χ3v) is 5.64. The maximum absolute atomic E-state index is 9.94. The van der Waals surface area contributed by atoms with E-state index >= 15 is 0 Å². The molecule has 4 unspecified atom stereocenters. The molecule has 2 aromatic carbocycles. The Hall–Kier alpha value is -3.21. The molecule has 2 heterocycles. The van der Waals surface area contributed by atoms with E-state index in [1.807, 2.05) is 48.5 Å². The molecule has 2 aliphatic rings. The van der Waals surface area contributed by atoms with Crippen LogP contribution in [-0.2, 0) is 4.74 Å². The highest BCUT2D eigenvalue weighted by atomic mass is 16.5. The van der Waals surface area contributed by atoms with E-state index in [1.165, 1.54) is 0 Å². The van der Waals surface area contributed by atoms with Crippen molar-refractivity contribution in [2.75, 3.05) is 13.7 Å². The number of para-hydroxylation sites is 1. The van der Waals surface area contributed by atoms with Gasteiger partial charge in [-0.05, 0) is 30.2 Å². The number of benzene rings is 2. The number of ether oxygens (including phenoxy) is 3. The van der Waals surface area contributed by atoms with Gasteiger partial charge in [0.25, 0.3) is 0 Å². The number of hydrogen-bond acceptors (Lipinski definition) is 7. The molecule has 4 atom stereocenters. The molecular formula is C23H26N4O3. The average molecular weight is 406 g/mol. The Balaban J connectivity index is 1.79. The number of hydrogen-bond donors (Lipinski definition) is 3. The normalized spacial score (nSPS) is 25.2. The second kappa shape index (κ2) is 8.66. The summed E-state index contributed by atoms with van der Waals surface area (Å²) < 4.78 is 17.2. The molecule has 0 bridgehead atoms. The average Bonchev–Trinajstić information content (AvgIpc) is 3.20. The fourth-order valence-corrected chi connectivity index (χ4v) is 4.25. The molecule has 0 radical (unpaired) electrons. The van der Waals surface area contributed by atoms with Gasteiger partial charge in [0.2, 0.25) is 5.88 Å². The largest absolute Gasteiger partial charge is 0.497 e. The van der Waals surface area contributed by atoms with Gasteiger partial charge in [0.05, 0.1) is 25.3 Å². The molecule has 0 spiro atoms. The van der Waals surface area contributed by atoms with Crippen molar-refractivity contribution < 1.29 is 14.2 Å². The van der Waals surface area contributed by atoms with Crippen molar-refractivity contribution in [3.63, 3.8) is 0 Å². The van der Waals surface area contributed by atoms with Crippen molar-refractivity contribution in [3.05, 3.63) is 71.1 Å². The van der Waals surface area contributed by atoms with Crippen LogP contribution < -0.4 is 26.1 Å². The lowest BCUT2D eigenvalue weighted by atomic mass is 9.74. The van der Waals surface area contributed by atoms with Gasteiger partial charge in [-0.3, -0.25) is 0 Å². The first-order valence-electron chi connectivity index (χ1n) is 10.1. The highest BCUT2D eigenvalue weighted by Gasteiger charge is 2.49. The van der Waals surface area contributed by atoms with E-state index in [0.717, 1.165) is 29.0 Å². The summed E-state index contributed by atoms with van der Waals surface area (Å²) in [6.45, 7) is 2.67. The lowest BCUT2D eigenvalue weighted by Gasteiger charge is -2.36. The van der Waals surface area contributed by atoms with Gasteiger partial charge in [-0.15, -0.1) is 0 Å². The molecule has 1 saturated heterocycles. The second-order valence-electron chi connectivity index (χ2n) is 7.41.